The number of hydrogen-bond donors (Lipinski definition) is 0. The van der Waals surface area contributed by atoms with Gasteiger partial charge in [0.25, 0.3) is 0 Å². The third-order valence-corrected chi connectivity index (χ3v) is 14.8. The molecule has 0 radical (unpaired) electrons. The normalized spacial score (nSPS) is 11.3. The van der Waals surface area contributed by atoms with Crippen LogP contribution >= 0.6 is 0 Å². The predicted molar refractivity (Wildman–Crippen MR) is 120 cm³/mol. The van der Waals surface area contributed by atoms with Crippen LogP contribution in [0.15, 0.2) is 115 Å². The number of benzene rings is 5. The molecule has 0 heterocycles. The Hall–Kier alpha value is -2.58. The van der Waals surface area contributed by atoms with Crippen molar-refractivity contribution in [2.24, 2.45) is 0 Å². The minimum absolute atomic E-state index is 1.34. The summed E-state index contributed by atoms with van der Waals surface area (Å²) in [5, 5.41) is 5.51. The first-order valence-electron chi connectivity index (χ1n) is 9.42. The van der Waals surface area contributed by atoms with Gasteiger partial charge >= 0.3 is 167 Å². The fraction of sp³-hybridized carbons (Fsp3) is 0. The first-order valence-corrected chi connectivity index (χ1v) is 14.4. The minimum atomic E-state index is -2.53. The van der Waals surface area contributed by atoms with Crippen LogP contribution in [0.4, 0.5) is 0 Å². The van der Waals surface area contributed by atoms with Gasteiger partial charge in [0.2, 0.25) is 0 Å². The zero-order valence-corrected chi connectivity index (χ0v) is 18.3. The summed E-state index contributed by atoms with van der Waals surface area (Å²) in [4.78, 5) is 0. The molecule has 0 nitrogen and oxygen atoms in total. The molecule has 0 aliphatic rings. The van der Waals surface area contributed by atoms with Crippen molar-refractivity contribution in [1.82, 2.24) is 0 Å². The Balaban J connectivity index is 1.85. The van der Waals surface area contributed by atoms with Crippen molar-refractivity contribution in [3.63, 3.8) is 0 Å². The molecule has 5 rings (SSSR count). The summed E-state index contributed by atoms with van der Waals surface area (Å²) < 4.78 is 4.67. The molecule has 0 bridgehead atoms. The molecule has 27 heavy (non-hydrogen) atoms. The summed E-state index contributed by atoms with van der Waals surface area (Å²) >= 11 is -2.53. The van der Waals surface area contributed by atoms with Gasteiger partial charge in [-0.2, -0.15) is 0 Å². The molecule has 0 spiro atoms. The van der Waals surface area contributed by atoms with Gasteiger partial charge in [-0.05, 0) is 0 Å². The maximum atomic E-state index is 2.37. The number of hydrogen-bond acceptors (Lipinski definition) is 0. The number of fused-ring (bicyclic) bond motifs is 2. The van der Waals surface area contributed by atoms with E-state index in [1.165, 1.54) is 25.1 Å². The van der Waals surface area contributed by atoms with Gasteiger partial charge in [-0.25, -0.2) is 0 Å². The standard InChI is InChI=1S/2C10H7.C6H5.Sn.H/c2*1-2-6-10-8-4-3-7-9(10)5-1;1-2-4-6-5-3-1;;/h2*1-7H;1-5H;;. The Morgan fingerprint density at radius 3 is 1.37 bits per heavy atom. The molecular formula is C26H20Sn. The van der Waals surface area contributed by atoms with Crippen LogP contribution in [-0.2, 0) is 0 Å². The van der Waals surface area contributed by atoms with Crippen LogP contribution in [-0.4, -0.2) is 19.8 Å². The summed E-state index contributed by atoms with van der Waals surface area (Å²) in [6, 6.07) is 42.5. The van der Waals surface area contributed by atoms with Gasteiger partial charge in [0.1, 0.15) is 0 Å². The van der Waals surface area contributed by atoms with Crippen molar-refractivity contribution in [3.8, 4) is 0 Å². The summed E-state index contributed by atoms with van der Waals surface area (Å²) in [6.07, 6.45) is 0. The average molecular weight is 451 g/mol. The Bertz CT molecular complexity index is 1130. The third kappa shape index (κ3) is 3.04. The van der Waals surface area contributed by atoms with E-state index < -0.39 is 19.8 Å². The fourth-order valence-electron chi connectivity index (χ4n) is 4.18. The van der Waals surface area contributed by atoms with Gasteiger partial charge in [0.15, 0.2) is 0 Å². The molecule has 1 heteroatoms. The zero-order chi connectivity index (χ0) is 18.1. The molecule has 0 N–H and O–H groups in total. The molecule has 5 aromatic carbocycles. The first-order chi connectivity index (χ1) is 13.4. The van der Waals surface area contributed by atoms with E-state index in [-0.39, 0.29) is 0 Å². The van der Waals surface area contributed by atoms with E-state index >= 15 is 0 Å². The maximum absolute atomic E-state index is 2.53. The second-order valence-corrected chi connectivity index (χ2v) is 14.9. The van der Waals surface area contributed by atoms with Crippen molar-refractivity contribution in [2.45, 2.75) is 0 Å². The third-order valence-electron chi connectivity index (χ3n) is 5.40. The quantitative estimate of drug-likeness (QED) is 0.360. The van der Waals surface area contributed by atoms with Crippen LogP contribution in [0.25, 0.3) is 21.5 Å². The van der Waals surface area contributed by atoms with Gasteiger partial charge < -0.3 is 0 Å². The molecule has 0 atom stereocenters. The van der Waals surface area contributed by atoms with Crippen LogP contribution in [0.5, 0.6) is 0 Å². The molecule has 0 aliphatic heterocycles. The molecule has 0 unspecified atom stereocenters. The van der Waals surface area contributed by atoms with Crippen LogP contribution in [0.1, 0.15) is 0 Å². The Labute approximate surface area is 166 Å². The van der Waals surface area contributed by atoms with Crippen LogP contribution in [0, 0.1) is 0 Å². The van der Waals surface area contributed by atoms with Crippen molar-refractivity contribution < 1.29 is 0 Å². The number of rotatable bonds is 3. The van der Waals surface area contributed by atoms with E-state index in [1.807, 2.05) is 0 Å². The topological polar surface area (TPSA) is 0 Å². The zero-order valence-electron chi connectivity index (χ0n) is 15.0. The molecule has 0 fully saturated rings. The van der Waals surface area contributed by atoms with Crippen LogP contribution < -0.4 is 10.7 Å². The van der Waals surface area contributed by atoms with E-state index in [0.717, 1.165) is 0 Å². The van der Waals surface area contributed by atoms with E-state index in [4.69, 9.17) is 0 Å². The first kappa shape index (κ1) is 16.6. The SMILES string of the molecule is c1cc[c]([SnH]([c]2cccc3ccccc23)[c]2cccc3ccccc23)cc1. The van der Waals surface area contributed by atoms with Crippen molar-refractivity contribution in [1.29, 1.82) is 0 Å². The van der Waals surface area contributed by atoms with Gasteiger partial charge in [0, 0.05) is 0 Å². The van der Waals surface area contributed by atoms with E-state index in [0.29, 0.717) is 0 Å². The molecule has 0 aromatic heterocycles. The van der Waals surface area contributed by atoms with Gasteiger partial charge in [0.05, 0.1) is 0 Å². The van der Waals surface area contributed by atoms with E-state index in [1.54, 1.807) is 7.16 Å². The Kier molecular flexibility index (Phi) is 4.42. The summed E-state index contributed by atoms with van der Waals surface area (Å²) in [5.41, 5.74) is 0. The van der Waals surface area contributed by atoms with Crippen LogP contribution in [0.3, 0.4) is 0 Å². The van der Waals surface area contributed by atoms with Crippen molar-refractivity contribution >= 4 is 52.0 Å². The molecule has 0 amide bonds. The molecule has 128 valence electrons. The average Bonchev–Trinajstić information content (AvgIpc) is 2.75. The predicted octanol–water partition coefficient (Wildman–Crippen LogP) is 4.24. The van der Waals surface area contributed by atoms with Crippen LogP contribution in [0.2, 0.25) is 0 Å². The molecule has 0 saturated heterocycles. The van der Waals surface area contributed by atoms with Gasteiger partial charge in [-0.15, -0.1) is 0 Å². The second kappa shape index (κ2) is 7.20. The Morgan fingerprint density at radius 2 is 0.815 bits per heavy atom. The van der Waals surface area contributed by atoms with Crippen molar-refractivity contribution in [3.05, 3.63) is 115 Å². The van der Waals surface area contributed by atoms with Crippen molar-refractivity contribution in [2.75, 3.05) is 0 Å². The van der Waals surface area contributed by atoms with Gasteiger partial charge in [-0.3, -0.25) is 0 Å². The Morgan fingerprint density at radius 1 is 0.370 bits per heavy atom. The monoisotopic (exact) mass is 452 g/mol. The molecule has 0 aliphatic carbocycles. The molecule has 5 aromatic rings. The fourth-order valence-corrected chi connectivity index (χ4v) is 13.9. The summed E-state index contributed by atoms with van der Waals surface area (Å²) in [6.45, 7) is 0. The van der Waals surface area contributed by atoms with Gasteiger partial charge in [-0.1, -0.05) is 0 Å². The van der Waals surface area contributed by atoms with E-state index in [2.05, 4.69) is 115 Å². The summed E-state index contributed by atoms with van der Waals surface area (Å²) in [7, 11) is 0. The molecule has 0 saturated carbocycles. The van der Waals surface area contributed by atoms with E-state index in [9.17, 15) is 0 Å². The molecular weight excluding hydrogens is 431 g/mol. The summed E-state index contributed by atoms with van der Waals surface area (Å²) in [5.74, 6) is 0. The second-order valence-electron chi connectivity index (χ2n) is 6.98.